The molecule has 1 aromatic heterocycles. The highest BCUT2D eigenvalue weighted by molar-refractivity contribution is 5.54. The van der Waals surface area contributed by atoms with E-state index in [1.165, 1.54) is 12.1 Å². The Labute approximate surface area is 157 Å². The summed E-state index contributed by atoms with van der Waals surface area (Å²) in [6.45, 7) is 4.37. The second kappa shape index (κ2) is 7.88. The van der Waals surface area contributed by atoms with Crippen molar-refractivity contribution in [1.82, 2.24) is 9.88 Å². The maximum absolute atomic E-state index is 14.0. The van der Waals surface area contributed by atoms with E-state index < -0.39 is 11.6 Å². The molecule has 0 bridgehead atoms. The lowest BCUT2D eigenvalue weighted by Gasteiger charge is -2.24. The van der Waals surface area contributed by atoms with E-state index in [1.807, 2.05) is 31.3 Å². The van der Waals surface area contributed by atoms with Gasteiger partial charge in [0.05, 0.1) is 18.4 Å². The van der Waals surface area contributed by atoms with Crippen LogP contribution in [-0.4, -0.2) is 24.0 Å². The molecule has 0 unspecified atom stereocenters. The minimum Gasteiger partial charge on any atom is -0.497 e. The number of halogens is 2. The molecule has 0 N–H and O–H groups in total. The lowest BCUT2D eigenvalue weighted by Crippen LogP contribution is -2.22. The van der Waals surface area contributed by atoms with Crippen molar-refractivity contribution in [1.29, 1.82) is 0 Å². The number of ether oxygens (including phenoxy) is 1. The SMILES string of the molecule is COc1ccc([C@@H](C)N(C)Cc2nc(-c3cccc(F)c3F)oc2C)cc1. The van der Waals surface area contributed by atoms with E-state index in [1.54, 1.807) is 14.0 Å². The van der Waals surface area contributed by atoms with Gasteiger partial charge in [-0.1, -0.05) is 18.2 Å². The minimum atomic E-state index is -0.953. The number of hydrogen-bond acceptors (Lipinski definition) is 4. The van der Waals surface area contributed by atoms with Gasteiger partial charge < -0.3 is 9.15 Å². The van der Waals surface area contributed by atoms with E-state index >= 15 is 0 Å². The summed E-state index contributed by atoms with van der Waals surface area (Å²) in [6, 6.07) is 12.0. The average molecular weight is 372 g/mol. The molecule has 0 aliphatic heterocycles. The number of aryl methyl sites for hydroxylation is 1. The Balaban J connectivity index is 1.79. The minimum absolute atomic E-state index is 0.0233. The molecule has 6 heteroatoms. The Morgan fingerprint density at radius 2 is 1.85 bits per heavy atom. The molecule has 142 valence electrons. The number of hydrogen-bond donors (Lipinski definition) is 0. The normalized spacial score (nSPS) is 12.4. The van der Waals surface area contributed by atoms with Crippen LogP contribution in [0.1, 0.15) is 30.0 Å². The second-order valence-electron chi connectivity index (χ2n) is 6.49. The monoisotopic (exact) mass is 372 g/mol. The van der Waals surface area contributed by atoms with Crippen LogP contribution in [0.25, 0.3) is 11.5 Å². The van der Waals surface area contributed by atoms with Gasteiger partial charge in [-0.25, -0.2) is 13.8 Å². The average Bonchev–Trinajstić information content (AvgIpc) is 3.03. The number of nitrogens with zero attached hydrogens (tertiary/aromatic N) is 2. The fourth-order valence-corrected chi connectivity index (χ4v) is 2.87. The van der Waals surface area contributed by atoms with Gasteiger partial charge in [-0.15, -0.1) is 0 Å². The summed E-state index contributed by atoms with van der Waals surface area (Å²) in [5.74, 6) is -0.393. The smallest absolute Gasteiger partial charge is 0.229 e. The molecule has 0 amide bonds. The predicted octanol–water partition coefficient (Wildman–Crippen LogP) is 5.13. The van der Waals surface area contributed by atoms with E-state index in [0.29, 0.717) is 18.0 Å². The summed E-state index contributed by atoms with van der Waals surface area (Å²) in [7, 11) is 3.61. The fourth-order valence-electron chi connectivity index (χ4n) is 2.87. The molecule has 0 saturated heterocycles. The Morgan fingerprint density at radius 1 is 1.15 bits per heavy atom. The molecule has 0 aliphatic carbocycles. The maximum atomic E-state index is 14.0. The number of oxazole rings is 1. The number of aromatic nitrogens is 1. The summed E-state index contributed by atoms with van der Waals surface area (Å²) in [4.78, 5) is 6.50. The summed E-state index contributed by atoms with van der Waals surface area (Å²) in [5.41, 5.74) is 1.85. The molecule has 0 radical (unpaired) electrons. The zero-order chi connectivity index (χ0) is 19.6. The van der Waals surface area contributed by atoms with E-state index in [2.05, 4.69) is 16.8 Å². The molecule has 0 aliphatic rings. The molecular weight excluding hydrogens is 350 g/mol. The van der Waals surface area contributed by atoms with E-state index in [0.717, 1.165) is 17.4 Å². The van der Waals surface area contributed by atoms with E-state index in [9.17, 15) is 8.78 Å². The van der Waals surface area contributed by atoms with Crippen LogP contribution in [0.2, 0.25) is 0 Å². The van der Waals surface area contributed by atoms with Crippen molar-refractivity contribution >= 4 is 0 Å². The molecule has 4 nitrogen and oxygen atoms in total. The summed E-state index contributed by atoms with van der Waals surface area (Å²) >= 11 is 0. The van der Waals surface area contributed by atoms with Crippen LogP contribution in [0.5, 0.6) is 5.75 Å². The largest absolute Gasteiger partial charge is 0.497 e. The first-order chi connectivity index (χ1) is 12.9. The van der Waals surface area contributed by atoms with Gasteiger partial charge in [-0.2, -0.15) is 0 Å². The molecular formula is C21H22F2N2O2. The van der Waals surface area contributed by atoms with Gasteiger partial charge in [-0.05, 0) is 50.7 Å². The Bertz CT molecular complexity index is 922. The molecule has 27 heavy (non-hydrogen) atoms. The zero-order valence-electron chi connectivity index (χ0n) is 15.8. The molecule has 3 rings (SSSR count). The standard InChI is InChI=1S/C21H22F2N2O2/c1-13(15-8-10-16(26-4)11-9-15)25(3)12-19-14(2)27-21(24-19)17-6-5-7-18(22)20(17)23/h5-11,13H,12H2,1-4H3/t13-/m1/s1. The third kappa shape index (κ3) is 4.01. The predicted molar refractivity (Wildman–Crippen MR) is 99.5 cm³/mol. The first kappa shape index (κ1) is 19.0. The molecule has 0 saturated carbocycles. The topological polar surface area (TPSA) is 38.5 Å². The van der Waals surface area contributed by atoms with Crippen LogP contribution in [0.4, 0.5) is 8.78 Å². The van der Waals surface area contributed by atoms with Crippen molar-refractivity contribution in [3.63, 3.8) is 0 Å². The third-order valence-corrected chi connectivity index (χ3v) is 4.73. The Morgan fingerprint density at radius 3 is 2.52 bits per heavy atom. The molecule has 3 aromatic rings. The number of benzene rings is 2. The molecule has 0 spiro atoms. The van der Waals surface area contributed by atoms with Crippen molar-refractivity contribution in [2.24, 2.45) is 0 Å². The van der Waals surface area contributed by atoms with Gasteiger partial charge in [0.1, 0.15) is 11.5 Å². The van der Waals surface area contributed by atoms with Gasteiger partial charge in [0.25, 0.3) is 0 Å². The summed E-state index contributed by atoms with van der Waals surface area (Å²) in [6.07, 6.45) is 0. The first-order valence-corrected chi connectivity index (χ1v) is 8.65. The van der Waals surface area contributed by atoms with Crippen molar-refractivity contribution in [2.75, 3.05) is 14.2 Å². The molecule has 2 aromatic carbocycles. The summed E-state index contributed by atoms with van der Waals surface area (Å²) < 4.78 is 38.3. The van der Waals surface area contributed by atoms with Crippen LogP contribution in [0, 0.1) is 18.6 Å². The number of rotatable bonds is 6. The van der Waals surface area contributed by atoms with Crippen molar-refractivity contribution < 1.29 is 17.9 Å². The van der Waals surface area contributed by atoms with Crippen LogP contribution in [0.15, 0.2) is 46.9 Å². The molecule has 0 fully saturated rings. The quantitative estimate of drug-likeness (QED) is 0.601. The lowest BCUT2D eigenvalue weighted by atomic mass is 10.1. The van der Waals surface area contributed by atoms with E-state index in [-0.39, 0.29) is 17.5 Å². The second-order valence-corrected chi connectivity index (χ2v) is 6.49. The van der Waals surface area contributed by atoms with Crippen molar-refractivity contribution in [3.8, 4) is 17.2 Å². The van der Waals surface area contributed by atoms with Gasteiger partial charge in [-0.3, -0.25) is 4.90 Å². The third-order valence-electron chi connectivity index (χ3n) is 4.73. The van der Waals surface area contributed by atoms with Crippen LogP contribution >= 0.6 is 0 Å². The summed E-state index contributed by atoms with van der Waals surface area (Å²) in [5, 5.41) is 0. The highest BCUT2D eigenvalue weighted by Gasteiger charge is 2.20. The molecule has 1 atom stereocenters. The zero-order valence-corrected chi connectivity index (χ0v) is 15.8. The highest BCUT2D eigenvalue weighted by Crippen LogP contribution is 2.28. The number of methoxy groups -OCH3 is 1. The van der Waals surface area contributed by atoms with Crippen molar-refractivity contribution in [3.05, 3.63) is 71.1 Å². The first-order valence-electron chi connectivity index (χ1n) is 8.65. The Kier molecular flexibility index (Phi) is 5.56. The van der Waals surface area contributed by atoms with Gasteiger partial charge >= 0.3 is 0 Å². The van der Waals surface area contributed by atoms with Gasteiger partial charge in [0.15, 0.2) is 11.6 Å². The fraction of sp³-hybridized carbons (Fsp3) is 0.286. The van der Waals surface area contributed by atoms with Crippen LogP contribution < -0.4 is 4.74 Å². The van der Waals surface area contributed by atoms with Crippen molar-refractivity contribution in [2.45, 2.75) is 26.4 Å². The van der Waals surface area contributed by atoms with Gasteiger partial charge in [0, 0.05) is 12.6 Å². The Hall–Kier alpha value is -2.73. The molecule has 1 heterocycles. The lowest BCUT2D eigenvalue weighted by molar-refractivity contribution is 0.249. The van der Waals surface area contributed by atoms with Crippen LogP contribution in [0.3, 0.4) is 0 Å². The van der Waals surface area contributed by atoms with Crippen LogP contribution in [-0.2, 0) is 6.54 Å². The maximum Gasteiger partial charge on any atom is 0.229 e. The van der Waals surface area contributed by atoms with E-state index in [4.69, 9.17) is 9.15 Å². The van der Waals surface area contributed by atoms with Gasteiger partial charge in [0.2, 0.25) is 5.89 Å². The highest BCUT2D eigenvalue weighted by atomic mass is 19.2.